The predicted molar refractivity (Wildman–Crippen MR) is 113 cm³/mol. The Hall–Kier alpha value is -2.62. The molecule has 0 aliphatic carbocycles. The summed E-state index contributed by atoms with van der Waals surface area (Å²) in [7, 11) is -3.70. The Morgan fingerprint density at radius 3 is 2.77 bits per heavy atom. The highest BCUT2D eigenvalue weighted by atomic mass is 32.2. The predicted octanol–water partition coefficient (Wildman–Crippen LogP) is 3.47. The van der Waals surface area contributed by atoms with Crippen LogP contribution >= 0.6 is 11.3 Å². The minimum absolute atomic E-state index is 0.0960. The molecule has 1 aliphatic heterocycles. The maximum absolute atomic E-state index is 12.4. The van der Waals surface area contributed by atoms with Gasteiger partial charge in [0, 0.05) is 29.3 Å². The second-order valence-corrected chi connectivity index (χ2v) is 9.40. The lowest BCUT2D eigenvalue weighted by atomic mass is 10.2. The highest BCUT2D eigenvalue weighted by Gasteiger charge is 2.19. The fourth-order valence-corrected chi connectivity index (χ4v) is 5.12. The molecule has 1 aliphatic rings. The summed E-state index contributed by atoms with van der Waals surface area (Å²) in [5.74, 6) is 0.582. The van der Waals surface area contributed by atoms with Crippen molar-refractivity contribution in [3.63, 3.8) is 0 Å². The molecule has 0 radical (unpaired) electrons. The van der Waals surface area contributed by atoms with Gasteiger partial charge in [-0.1, -0.05) is 18.2 Å². The van der Waals surface area contributed by atoms with E-state index in [4.69, 9.17) is 14.2 Å². The Kier molecular flexibility index (Phi) is 6.21. The number of ether oxygens (including phenoxy) is 3. The zero-order valence-electron chi connectivity index (χ0n) is 16.1. The van der Waals surface area contributed by atoms with Crippen LogP contribution in [0.15, 0.2) is 52.7 Å². The molecule has 0 amide bonds. The summed E-state index contributed by atoms with van der Waals surface area (Å²) in [4.78, 5) is 12.1. The first kappa shape index (κ1) is 20.6. The maximum atomic E-state index is 12.4. The summed E-state index contributed by atoms with van der Waals surface area (Å²) in [5, 5.41) is 3.07. The first-order valence-electron chi connectivity index (χ1n) is 9.53. The number of carbonyl (C=O) groups is 1. The minimum Gasteiger partial charge on any atom is -0.486 e. The second kappa shape index (κ2) is 9.03. The number of hydrogen-bond donors (Lipinski definition) is 1. The van der Waals surface area contributed by atoms with Gasteiger partial charge in [0.05, 0.1) is 4.90 Å². The van der Waals surface area contributed by atoms with Crippen molar-refractivity contribution in [1.29, 1.82) is 0 Å². The van der Waals surface area contributed by atoms with E-state index in [1.807, 2.05) is 29.6 Å². The van der Waals surface area contributed by atoms with E-state index in [0.29, 0.717) is 31.1 Å². The van der Waals surface area contributed by atoms with Gasteiger partial charge in [-0.05, 0) is 35.4 Å². The molecule has 30 heavy (non-hydrogen) atoms. The summed E-state index contributed by atoms with van der Waals surface area (Å²) in [6.45, 7) is 1.17. The van der Waals surface area contributed by atoms with Crippen molar-refractivity contribution < 1.29 is 27.4 Å². The van der Waals surface area contributed by atoms with Crippen LogP contribution in [0.1, 0.15) is 18.4 Å². The number of thiophene rings is 1. The molecular formula is C21H21NO6S2. The average molecular weight is 448 g/mol. The number of benzene rings is 2. The molecule has 4 rings (SSSR count). The molecule has 0 saturated heterocycles. The van der Waals surface area contributed by atoms with Crippen molar-refractivity contribution in [2.75, 3.05) is 19.8 Å². The fourth-order valence-electron chi connectivity index (χ4n) is 3.09. The zero-order chi connectivity index (χ0) is 21.0. The van der Waals surface area contributed by atoms with E-state index in [2.05, 4.69) is 4.72 Å². The van der Waals surface area contributed by atoms with Crippen LogP contribution in [0.25, 0.3) is 10.1 Å². The lowest BCUT2D eigenvalue weighted by Gasteiger charge is -2.18. The van der Waals surface area contributed by atoms with Gasteiger partial charge in [0.2, 0.25) is 10.0 Å². The topological polar surface area (TPSA) is 90.9 Å². The number of nitrogens with one attached hydrogen (secondary N) is 1. The zero-order valence-corrected chi connectivity index (χ0v) is 17.8. The molecule has 7 nitrogen and oxygen atoms in total. The van der Waals surface area contributed by atoms with Gasteiger partial charge in [-0.25, -0.2) is 13.1 Å². The highest BCUT2D eigenvalue weighted by Crippen LogP contribution is 2.32. The minimum atomic E-state index is -3.70. The van der Waals surface area contributed by atoms with Gasteiger partial charge in [0.1, 0.15) is 19.8 Å². The SMILES string of the molecule is O=C(CCCNS(=O)(=O)c1ccc2c(c1)OCCO2)OCc1csc2ccccc12. The second-order valence-electron chi connectivity index (χ2n) is 6.72. The lowest BCUT2D eigenvalue weighted by molar-refractivity contribution is -0.145. The third-order valence-electron chi connectivity index (χ3n) is 4.62. The normalized spacial score (nSPS) is 13.3. The highest BCUT2D eigenvalue weighted by molar-refractivity contribution is 7.89. The van der Waals surface area contributed by atoms with E-state index in [1.54, 1.807) is 17.4 Å². The van der Waals surface area contributed by atoms with E-state index in [-0.39, 0.29) is 30.4 Å². The van der Waals surface area contributed by atoms with Crippen molar-refractivity contribution in [2.24, 2.45) is 0 Å². The summed E-state index contributed by atoms with van der Waals surface area (Å²) in [6.07, 6.45) is 0.471. The Labute approximate surface area is 178 Å². The smallest absolute Gasteiger partial charge is 0.306 e. The van der Waals surface area contributed by atoms with Crippen molar-refractivity contribution in [2.45, 2.75) is 24.3 Å². The van der Waals surface area contributed by atoms with E-state index in [9.17, 15) is 13.2 Å². The molecule has 1 aromatic heterocycles. The molecule has 0 atom stereocenters. The van der Waals surface area contributed by atoms with Crippen LogP contribution in [0.3, 0.4) is 0 Å². The molecule has 2 heterocycles. The van der Waals surface area contributed by atoms with Gasteiger partial charge in [-0.15, -0.1) is 11.3 Å². The molecule has 0 unspecified atom stereocenters. The molecule has 158 valence electrons. The Bertz CT molecular complexity index is 1160. The van der Waals surface area contributed by atoms with Gasteiger partial charge in [0.15, 0.2) is 11.5 Å². The molecule has 9 heteroatoms. The van der Waals surface area contributed by atoms with Crippen LogP contribution in [0, 0.1) is 0 Å². The van der Waals surface area contributed by atoms with E-state index < -0.39 is 10.0 Å². The van der Waals surface area contributed by atoms with Crippen LogP contribution in [0.4, 0.5) is 0 Å². The molecule has 0 spiro atoms. The molecule has 2 aromatic carbocycles. The molecule has 0 fully saturated rings. The van der Waals surface area contributed by atoms with Gasteiger partial charge in [-0.3, -0.25) is 4.79 Å². The summed E-state index contributed by atoms with van der Waals surface area (Å²) < 4.78 is 44.7. The van der Waals surface area contributed by atoms with Gasteiger partial charge in [0.25, 0.3) is 0 Å². The van der Waals surface area contributed by atoms with E-state index in [1.165, 1.54) is 12.1 Å². The fraction of sp³-hybridized carbons (Fsp3) is 0.286. The van der Waals surface area contributed by atoms with Gasteiger partial charge in [-0.2, -0.15) is 0 Å². The van der Waals surface area contributed by atoms with E-state index in [0.717, 1.165) is 15.6 Å². The van der Waals surface area contributed by atoms with Crippen LogP contribution in [-0.4, -0.2) is 34.1 Å². The van der Waals surface area contributed by atoms with Crippen molar-refractivity contribution >= 4 is 37.4 Å². The van der Waals surface area contributed by atoms with Crippen LogP contribution < -0.4 is 14.2 Å². The van der Waals surface area contributed by atoms with Crippen molar-refractivity contribution in [1.82, 2.24) is 4.72 Å². The molecule has 0 bridgehead atoms. The number of hydrogen-bond acceptors (Lipinski definition) is 7. The van der Waals surface area contributed by atoms with Gasteiger partial charge >= 0.3 is 5.97 Å². The van der Waals surface area contributed by atoms with Crippen molar-refractivity contribution in [3.8, 4) is 11.5 Å². The number of carbonyl (C=O) groups excluding carboxylic acids is 1. The molecule has 1 N–H and O–H groups in total. The lowest BCUT2D eigenvalue weighted by Crippen LogP contribution is -2.25. The first-order valence-corrected chi connectivity index (χ1v) is 11.9. The third kappa shape index (κ3) is 4.75. The monoisotopic (exact) mass is 447 g/mol. The summed E-state index contributed by atoms with van der Waals surface area (Å²) in [5.41, 5.74) is 0.975. The summed E-state index contributed by atoms with van der Waals surface area (Å²) >= 11 is 1.61. The Morgan fingerprint density at radius 1 is 1.10 bits per heavy atom. The summed E-state index contributed by atoms with van der Waals surface area (Å²) in [6, 6.07) is 12.4. The van der Waals surface area contributed by atoms with Crippen LogP contribution in [0.2, 0.25) is 0 Å². The quantitative estimate of drug-likeness (QED) is 0.420. The van der Waals surface area contributed by atoms with Gasteiger partial charge < -0.3 is 14.2 Å². The Morgan fingerprint density at radius 2 is 1.90 bits per heavy atom. The standard InChI is InChI=1S/C21H21NO6S2/c23-21(28-13-15-14-29-20-5-2-1-4-17(15)20)6-3-9-22-30(24,25)16-7-8-18-19(12-16)27-11-10-26-18/h1-2,4-5,7-8,12,14,22H,3,6,9-11,13H2. The number of fused-ring (bicyclic) bond motifs is 2. The third-order valence-corrected chi connectivity index (χ3v) is 7.09. The van der Waals surface area contributed by atoms with Crippen molar-refractivity contribution in [3.05, 3.63) is 53.4 Å². The van der Waals surface area contributed by atoms with Crippen LogP contribution in [-0.2, 0) is 26.2 Å². The largest absolute Gasteiger partial charge is 0.486 e. The van der Waals surface area contributed by atoms with Crippen LogP contribution in [0.5, 0.6) is 11.5 Å². The molecule has 0 saturated carbocycles. The number of rotatable bonds is 8. The Balaban J connectivity index is 1.23. The average Bonchev–Trinajstić information content (AvgIpc) is 3.18. The maximum Gasteiger partial charge on any atom is 0.306 e. The van der Waals surface area contributed by atoms with E-state index >= 15 is 0 Å². The number of esters is 1. The first-order chi connectivity index (χ1) is 14.5. The molecule has 3 aromatic rings. The number of sulfonamides is 1. The molecular weight excluding hydrogens is 426 g/mol.